The molecule has 0 amide bonds. The zero-order valence-corrected chi connectivity index (χ0v) is 11.5. The maximum Gasteiger partial charge on any atom is 0.433 e. The van der Waals surface area contributed by atoms with Gasteiger partial charge in [-0.05, 0) is 29.2 Å². The largest absolute Gasteiger partial charge is 0.433 e. The van der Waals surface area contributed by atoms with Gasteiger partial charge in [0.25, 0.3) is 0 Å². The molecular formula is C14H13ClF3N. The summed E-state index contributed by atoms with van der Waals surface area (Å²) in [6.07, 6.45) is -4.49. The predicted octanol–water partition coefficient (Wildman–Crippen LogP) is 5.20. The van der Waals surface area contributed by atoms with Crippen molar-refractivity contribution in [2.75, 3.05) is 0 Å². The molecule has 5 heteroatoms. The fourth-order valence-corrected chi connectivity index (χ4v) is 2.05. The van der Waals surface area contributed by atoms with Crippen molar-refractivity contribution >= 4 is 22.5 Å². The first-order chi connectivity index (χ1) is 8.59. The minimum atomic E-state index is -4.49. The summed E-state index contributed by atoms with van der Waals surface area (Å²) < 4.78 is 37.9. The fraction of sp³-hybridized carbons (Fsp3) is 0.357. The fourth-order valence-electron chi connectivity index (χ4n) is 1.80. The van der Waals surface area contributed by atoms with Gasteiger partial charge in [-0.25, -0.2) is 4.98 Å². The summed E-state index contributed by atoms with van der Waals surface area (Å²) in [6.45, 7) is 6.08. The summed E-state index contributed by atoms with van der Waals surface area (Å²) in [6, 6.07) is 6.03. The Bertz CT molecular complexity index is 627. The monoisotopic (exact) mass is 287 g/mol. The van der Waals surface area contributed by atoms with Crippen LogP contribution in [0.2, 0.25) is 5.02 Å². The van der Waals surface area contributed by atoms with Crippen molar-refractivity contribution in [1.82, 2.24) is 4.98 Å². The molecule has 0 N–H and O–H groups in total. The molecule has 0 radical (unpaired) electrons. The lowest BCUT2D eigenvalue weighted by Gasteiger charge is -2.19. The molecule has 0 atom stereocenters. The molecule has 2 rings (SSSR count). The first-order valence-corrected chi connectivity index (χ1v) is 6.15. The quantitative estimate of drug-likeness (QED) is 0.648. The number of hydrogen-bond acceptors (Lipinski definition) is 1. The van der Waals surface area contributed by atoms with Gasteiger partial charge in [0.1, 0.15) is 5.69 Å². The van der Waals surface area contributed by atoms with Crippen LogP contribution >= 0.6 is 11.6 Å². The van der Waals surface area contributed by atoms with Gasteiger partial charge in [-0.3, -0.25) is 0 Å². The van der Waals surface area contributed by atoms with Crippen LogP contribution in [0.15, 0.2) is 24.3 Å². The summed E-state index contributed by atoms with van der Waals surface area (Å²) in [4.78, 5) is 3.62. The van der Waals surface area contributed by atoms with E-state index in [1.807, 2.05) is 20.8 Å². The number of halogens is 4. The Kier molecular flexibility index (Phi) is 3.25. The Morgan fingerprint density at radius 3 is 2.21 bits per heavy atom. The Labute approximate surface area is 114 Å². The van der Waals surface area contributed by atoms with Gasteiger partial charge in [-0.2, -0.15) is 13.2 Å². The Morgan fingerprint density at radius 1 is 1.05 bits per heavy atom. The van der Waals surface area contributed by atoms with Crippen LogP contribution in [0.5, 0.6) is 0 Å². The van der Waals surface area contributed by atoms with E-state index in [1.54, 1.807) is 18.2 Å². The zero-order valence-electron chi connectivity index (χ0n) is 10.8. The molecule has 102 valence electrons. The normalized spacial score (nSPS) is 13.0. The molecule has 0 spiro atoms. The summed E-state index contributed by atoms with van der Waals surface area (Å²) in [7, 11) is 0. The molecule has 0 aliphatic rings. The second kappa shape index (κ2) is 4.37. The van der Waals surface area contributed by atoms with E-state index >= 15 is 0 Å². The van der Waals surface area contributed by atoms with E-state index in [0.29, 0.717) is 5.39 Å². The molecule has 0 bridgehead atoms. The van der Waals surface area contributed by atoms with Crippen molar-refractivity contribution in [3.63, 3.8) is 0 Å². The first-order valence-electron chi connectivity index (χ1n) is 5.77. The lowest BCUT2D eigenvalue weighted by atomic mass is 9.86. The SMILES string of the molecule is CC(C)(C)c1ccc2nc(C(F)(F)F)cc(Cl)c2c1. The van der Waals surface area contributed by atoms with Crippen molar-refractivity contribution in [1.29, 1.82) is 0 Å². The summed E-state index contributed by atoms with van der Waals surface area (Å²) >= 11 is 5.95. The number of fused-ring (bicyclic) bond motifs is 1. The van der Waals surface area contributed by atoms with Gasteiger partial charge in [0.15, 0.2) is 0 Å². The van der Waals surface area contributed by atoms with Crippen molar-refractivity contribution in [3.8, 4) is 0 Å². The van der Waals surface area contributed by atoms with Crippen LogP contribution < -0.4 is 0 Å². The number of benzene rings is 1. The van der Waals surface area contributed by atoms with Crippen LogP contribution in [0.25, 0.3) is 10.9 Å². The summed E-state index contributed by atoms with van der Waals surface area (Å²) in [5, 5.41) is 0.616. The zero-order chi connectivity index (χ0) is 14.4. The minimum Gasteiger partial charge on any atom is -0.243 e. The average Bonchev–Trinajstić information content (AvgIpc) is 2.26. The van der Waals surface area contributed by atoms with E-state index in [0.717, 1.165) is 11.6 Å². The van der Waals surface area contributed by atoms with E-state index in [2.05, 4.69) is 4.98 Å². The molecule has 0 fully saturated rings. The summed E-state index contributed by atoms with van der Waals surface area (Å²) in [5.41, 5.74) is 0.199. The number of pyridine rings is 1. The smallest absolute Gasteiger partial charge is 0.243 e. The third-order valence-corrected chi connectivity index (χ3v) is 3.23. The Morgan fingerprint density at radius 2 is 1.68 bits per heavy atom. The van der Waals surface area contributed by atoms with Gasteiger partial charge < -0.3 is 0 Å². The second-order valence-electron chi connectivity index (χ2n) is 5.47. The van der Waals surface area contributed by atoms with Gasteiger partial charge in [-0.1, -0.05) is 38.4 Å². The number of rotatable bonds is 0. The van der Waals surface area contributed by atoms with Gasteiger partial charge >= 0.3 is 6.18 Å². The van der Waals surface area contributed by atoms with Crippen molar-refractivity contribution in [2.45, 2.75) is 32.4 Å². The highest BCUT2D eigenvalue weighted by atomic mass is 35.5. The van der Waals surface area contributed by atoms with E-state index in [4.69, 9.17) is 11.6 Å². The topological polar surface area (TPSA) is 12.9 Å². The average molecular weight is 288 g/mol. The lowest BCUT2D eigenvalue weighted by molar-refractivity contribution is -0.140. The molecule has 19 heavy (non-hydrogen) atoms. The number of nitrogens with zero attached hydrogens (tertiary/aromatic N) is 1. The van der Waals surface area contributed by atoms with Crippen LogP contribution in [-0.2, 0) is 11.6 Å². The molecule has 1 aromatic heterocycles. The molecule has 0 saturated heterocycles. The molecule has 0 aliphatic carbocycles. The van der Waals surface area contributed by atoms with Crippen LogP contribution in [0.4, 0.5) is 13.2 Å². The number of hydrogen-bond donors (Lipinski definition) is 0. The van der Waals surface area contributed by atoms with Crippen molar-refractivity contribution in [2.24, 2.45) is 0 Å². The van der Waals surface area contributed by atoms with E-state index in [-0.39, 0.29) is 16.0 Å². The van der Waals surface area contributed by atoms with Gasteiger partial charge in [0.2, 0.25) is 0 Å². The third-order valence-electron chi connectivity index (χ3n) is 2.91. The molecule has 1 nitrogen and oxygen atoms in total. The predicted molar refractivity (Wildman–Crippen MR) is 70.5 cm³/mol. The molecule has 1 aromatic carbocycles. The molecule has 0 unspecified atom stereocenters. The minimum absolute atomic E-state index is 0.0726. The van der Waals surface area contributed by atoms with E-state index in [1.165, 1.54) is 0 Å². The van der Waals surface area contributed by atoms with E-state index < -0.39 is 11.9 Å². The molecule has 2 aromatic rings. The number of alkyl halides is 3. The van der Waals surface area contributed by atoms with Crippen LogP contribution in [0.3, 0.4) is 0 Å². The van der Waals surface area contributed by atoms with Crippen LogP contribution in [0.1, 0.15) is 32.0 Å². The Hall–Kier alpha value is -1.29. The van der Waals surface area contributed by atoms with Gasteiger partial charge in [-0.15, -0.1) is 0 Å². The van der Waals surface area contributed by atoms with Crippen LogP contribution in [0, 0.1) is 0 Å². The van der Waals surface area contributed by atoms with Crippen LogP contribution in [-0.4, -0.2) is 4.98 Å². The first kappa shape index (κ1) is 14.1. The lowest BCUT2D eigenvalue weighted by Crippen LogP contribution is -2.11. The highest BCUT2D eigenvalue weighted by Crippen LogP contribution is 2.34. The molecule has 0 saturated carbocycles. The third kappa shape index (κ3) is 2.84. The van der Waals surface area contributed by atoms with E-state index in [9.17, 15) is 13.2 Å². The summed E-state index contributed by atoms with van der Waals surface area (Å²) in [5.74, 6) is 0. The maximum absolute atomic E-state index is 12.6. The Balaban J connectivity index is 2.67. The van der Waals surface area contributed by atoms with Gasteiger partial charge in [0.05, 0.1) is 10.5 Å². The highest BCUT2D eigenvalue weighted by molar-refractivity contribution is 6.35. The standard InChI is InChI=1S/C14H13ClF3N/c1-13(2,3)8-4-5-11-9(6-8)10(15)7-12(19-11)14(16,17)18/h4-7H,1-3H3. The maximum atomic E-state index is 12.6. The van der Waals surface area contributed by atoms with Crippen molar-refractivity contribution < 1.29 is 13.2 Å². The molecule has 1 heterocycles. The molecular weight excluding hydrogens is 275 g/mol. The number of aromatic nitrogens is 1. The van der Waals surface area contributed by atoms with Crippen molar-refractivity contribution in [3.05, 3.63) is 40.5 Å². The highest BCUT2D eigenvalue weighted by Gasteiger charge is 2.33. The second-order valence-corrected chi connectivity index (χ2v) is 5.88. The van der Waals surface area contributed by atoms with Gasteiger partial charge in [0, 0.05) is 5.39 Å². The molecule has 0 aliphatic heterocycles.